The van der Waals surface area contributed by atoms with Gasteiger partial charge in [-0.1, -0.05) is 12.1 Å². The number of nitrogens with one attached hydrogen (secondary N) is 1. The summed E-state index contributed by atoms with van der Waals surface area (Å²) >= 11 is 0. The summed E-state index contributed by atoms with van der Waals surface area (Å²) in [5, 5.41) is 3.40. The number of aromatic nitrogens is 4. The first kappa shape index (κ1) is 27.6. The number of alkyl halides is 3. The topological polar surface area (TPSA) is 71.3 Å². The summed E-state index contributed by atoms with van der Waals surface area (Å²) in [6.07, 6.45) is 0.446. The fraction of sp³-hybridized carbons (Fsp3) is 0.607. The molecule has 1 N–H and O–H groups in total. The Hall–Kier alpha value is -2.92. The number of benzene rings is 1. The number of imidazole rings is 1. The van der Waals surface area contributed by atoms with Crippen LogP contribution >= 0.6 is 0 Å². The standard InChI is InChI=1S/C28H38F3N7O/c1-18(29)19(2)36(3)21-10-8-20(9-11-21)17-32-28-34-24(37-12-14-39-15-13-37)16-25(35-28)38-23-7-5-4-6-22(23)33-27(38)26(30)31/h4-7,16,18-21,26H,8-15,17H2,1-3H3,(H,32,34,35)/t18?,19?,20-,21-. The predicted molar refractivity (Wildman–Crippen MR) is 147 cm³/mol. The van der Waals surface area contributed by atoms with Crippen LogP contribution in [-0.4, -0.2) is 82.6 Å². The maximum absolute atomic E-state index is 14.1. The number of hydrogen-bond acceptors (Lipinski definition) is 7. The molecule has 11 heteroatoms. The SMILES string of the molecule is CC(F)C(C)N(C)[C@H]1CC[C@H](CNc2nc(N3CCOCC3)cc(-n3c(C(F)F)nc4ccccc43)n2)CC1. The second kappa shape index (κ2) is 12.1. The van der Waals surface area contributed by atoms with E-state index >= 15 is 0 Å². The fourth-order valence-corrected chi connectivity index (χ4v) is 5.65. The number of halogens is 3. The van der Waals surface area contributed by atoms with Crippen LogP contribution in [0.5, 0.6) is 0 Å². The van der Waals surface area contributed by atoms with E-state index in [1.807, 2.05) is 20.0 Å². The molecule has 1 saturated heterocycles. The van der Waals surface area contributed by atoms with Crippen molar-refractivity contribution in [3.05, 3.63) is 36.2 Å². The van der Waals surface area contributed by atoms with Gasteiger partial charge in [0.1, 0.15) is 17.8 Å². The van der Waals surface area contributed by atoms with Gasteiger partial charge in [-0.15, -0.1) is 0 Å². The van der Waals surface area contributed by atoms with Crippen LogP contribution in [0.1, 0.15) is 51.8 Å². The summed E-state index contributed by atoms with van der Waals surface area (Å²) in [6, 6.07) is 9.13. The van der Waals surface area contributed by atoms with E-state index in [-0.39, 0.29) is 11.9 Å². The Bertz CT molecular complexity index is 1240. The molecule has 0 radical (unpaired) electrons. The fourth-order valence-electron chi connectivity index (χ4n) is 5.65. The molecule has 2 unspecified atom stereocenters. The molecule has 212 valence electrons. The van der Waals surface area contributed by atoms with Crippen molar-refractivity contribution in [2.45, 2.75) is 64.2 Å². The van der Waals surface area contributed by atoms with Crippen molar-refractivity contribution in [1.29, 1.82) is 0 Å². The minimum absolute atomic E-state index is 0.100. The van der Waals surface area contributed by atoms with E-state index in [1.165, 1.54) is 4.57 Å². The van der Waals surface area contributed by atoms with E-state index < -0.39 is 12.6 Å². The smallest absolute Gasteiger partial charge is 0.296 e. The summed E-state index contributed by atoms with van der Waals surface area (Å²) in [5.74, 6) is 1.53. The lowest BCUT2D eigenvalue weighted by molar-refractivity contribution is 0.0858. The normalized spacial score (nSPS) is 22.0. The Morgan fingerprint density at radius 2 is 1.69 bits per heavy atom. The molecule has 8 nitrogen and oxygen atoms in total. The van der Waals surface area contributed by atoms with Crippen LogP contribution in [0.3, 0.4) is 0 Å². The lowest BCUT2D eigenvalue weighted by Crippen LogP contribution is -2.44. The molecule has 2 aromatic heterocycles. The summed E-state index contributed by atoms with van der Waals surface area (Å²) in [7, 11) is 2.02. The average molecular weight is 546 g/mol. The molecule has 2 atom stereocenters. The molecule has 0 bridgehead atoms. The van der Waals surface area contributed by atoms with E-state index in [0.29, 0.717) is 73.4 Å². The predicted octanol–water partition coefficient (Wildman–Crippen LogP) is 5.24. The van der Waals surface area contributed by atoms with Crippen LogP contribution in [0.15, 0.2) is 30.3 Å². The van der Waals surface area contributed by atoms with Gasteiger partial charge >= 0.3 is 0 Å². The monoisotopic (exact) mass is 545 g/mol. The van der Waals surface area contributed by atoms with Gasteiger partial charge in [0.05, 0.1) is 24.2 Å². The molecule has 5 rings (SSSR count). The number of para-hydroxylation sites is 2. The maximum atomic E-state index is 14.1. The highest BCUT2D eigenvalue weighted by atomic mass is 19.3. The van der Waals surface area contributed by atoms with Gasteiger partial charge in [0.15, 0.2) is 5.82 Å². The number of hydrogen-bond donors (Lipinski definition) is 1. The van der Waals surface area contributed by atoms with Crippen molar-refractivity contribution >= 4 is 22.8 Å². The van der Waals surface area contributed by atoms with Crippen LogP contribution in [0.4, 0.5) is 24.9 Å². The molecule has 1 aliphatic heterocycles. The maximum Gasteiger partial charge on any atom is 0.296 e. The molecule has 1 aromatic carbocycles. The summed E-state index contributed by atoms with van der Waals surface area (Å²) in [4.78, 5) is 17.9. The Balaban J connectivity index is 1.37. The summed E-state index contributed by atoms with van der Waals surface area (Å²) < 4.78 is 48.9. The third kappa shape index (κ3) is 6.14. The van der Waals surface area contributed by atoms with Gasteiger partial charge in [0.25, 0.3) is 6.43 Å². The van der Waals surface area contributed by atoms with E-state index in [4.69, 9.17) is 14.7 Å². The number of ether oxygens (including phenoxy) is 1. The highest BCUT2D eigenvalue weighted by Crippen LogP contribution is 2.31. The first-order valence-electron chi connectivity index (χ1n) is 13.9. The Morgan fingerprint density at radius 3 is 2.38 bits per heavy atom. The van der Waals surface area contributed by atoms with Gasteiger partial charge in [-0.25, -0.2) is 18.2 Å². The molecule has 1 aliphatic carbocycles. The molecular formula is C28H38F3N7O. The van der Waals surface area contributed by atoms with Crippen molar-refractivity contribution in [3.63, 3.8) is 0 Å². The van der Waals surface area contributed by atoms with E-state index in [1.54, 1.807) is 31.2 Å². The lowest BCUT2D eigenvalue weighted by Gasteiger charge is -2.38. The van der Waals surface area contributed by atoms with Crippen molar-refractivity contribution in [3.8, 4) is 5.82 Å². The summed E-state index contributed by atoms with van der Waals surface area (Å²) in [5.41, 5.74) is 1.07. The largest absolute Gasteiger partial charge is 0.378 e. The van der Waals surface area contributed by atoms with Crippen molar-refractivity contribution < 1.29 is 17.9 Å². The van der Waals surface area contributed by atoms with Gasteiger partial charge < -0.3 is 15.0 Å². The molecule has 0 amide bonds. The average Bonchev–Trinajstić information content (AvgIpc) is 3.36. The van der Waals surface area contributed by atoms with E-state index in [0.717, 1.165) is 25.7 Å². The third-order valence-corrected chi connectivity index (χ3v) is 8.29. The molecule has 0 spiro atoms. The number of anilines is 2. The van der Waals surface area contributed by atoms with Gasteiger partial charge in [-0.05, 0) is 64.6 Å². The zero-order valence-corrected chi connectivity index (χ0v) is 22.9. The second-order valence-corrected chi connectivity index (χ2v) is 10.7. The molecule has 3 aromatic rings. The first-order valence-corrected chi connectivity index (χ1v) is 13.9. The van der Waals surface area contributed by atoms with Crippen molar-refractivity contribution in [1.82, 2.24) is 24.4 Å². The molecule has 2 fully saturated rings. The van der Waals surface area contributed by atoms with Gasteiger partial charge in [0.2, 0.25) is 5.95 Å². The molecule has 39 heavy (non-hydrogen) atoms. The summed E-state index contributed by atoms with van der Waals surface area (Å²) in [6.45, 7) is 6.73. The van der Waals surface area contributed by atoms with Crippen LogP contribution < -0.4 is 10.2 Å². The Morgan fingerprint density at radius 1 is 1.00 bits per heavy atom. The van der Waals surface area contributed by atoms with E-state index in [2.05, 4.69) is 20.1 Å². The third-order valence-electron chi connectivity index (χ3n) is 8.29. The Kier molecular flexibility index (Phi) is 8.56. The zero-order valence-electron chi connectivity index (χ0n) is 22.9. The number of nitrogens with zero attached hydrogens (tertiary/aromatic N) is 6. The lowest BCUT2D eigenvalue weighted by atomic mass is 9.85. The van der Waals surface area contributed by atoms with Crippen LogP contribution in [-0.2, 0) is 4.74 Å². The quantitative estimate of drug-likeness (QED) is 0.394. The van der Waals surface area contributed by atoms with Crippen LogP contribution in [0, 0.1) is 5.92 Å². The number of fused-ring (bicyclic) bond motifs is 1. The highest BCUT2D eigenvalue weighted by molar-refractivity contribution is 5.78. The number of morpholine rings is 1. The minimum Gasteiger partial charge on any atom is -0.378 e. The number of rotatable bonds is 9. The van der Waals surface area contributed by atoms with Gasteiger partial charge in [-0.3, -0.25) is 9.47 Å². The molecule has 1 saturated carbocycles. The van der Waals surface area contributed by atoms with E-state index in [9.17, 15) is 13.2 Å². The first-order chi connectivity index (χ1) is 18.8. The highest BCUT2D eigenvalue weighted by Gasteiger charge is 2.29. The van der Waals surface area contributed by atoms with Crippen LogP contribution in [0.25, 0.3) is 16.9 Å². The van der Waals surface area contributed by atoms with Crippen LogP contribution in [0.2, 0.25) is 0 Å². The molecular weight excluding hydrogens is 507 g/mol. The van der Waals surface area contributed by atoms with Crippen molar-refractivity contribution in [2.24, 2.45) is 5.92 Å². The minimum atomic E-state index is -2.76. The molecule has 3 heterocycles. The Labute approximate surface area is 227 Å². The van der Waals surface area contributed by atoms with Crippen molar-refractivity contribution in [2.75, 3.05) is 50.1 Å². The zero-order chi connectivity index (χ0) is 27.5. The van der Waals surface area contributed by atoms with Gasteiger partial charge in [-0.2, -0.15) is 9.97 Å². The molecule has 2 aliphatic rings. The second-order valence-electron chi connectivity index (χ2n) is 10.7. The van der Waals surface area contributed by atoms with Gasteiger partial charge in [0, 0.05) is 37.8 Å².